The van der Waals surface area contributed by atoms with Gasteiger partial charge < -0.3 is 15.2 Å². The van der Waals surface area contributed by atoms with Crippen molar-refractivity contribution in [2.75, 3.05) is 0 Å². The van der Waals surface area contributed by atoms with E-state index in [4.69, 9.17) is 9.84 Å². The lowest BCUT2D eigenvalue weighted by Crippen LogP contribution is -2.28. The Hall–Kier alpha value is -2.82. The van der Waals surface area contributed by atoms with E-state index in [0.717, 1.165) is 16.9 Å². The Labute approximate surface area is 147 Å². The van der Waals surface area contributed by atoms with Gasteiger partial charge in [-0.05, 0) is 56.2 Å². The van der Waals surface area contributed by atoms with Gasteiger partial charge in [-0.1, -0.05) is 24.3 Å². The quantitative estimate of drug-likeness (QED) is 0.807. The molecule has 0 spiro atoms. The van der Waals surface area contributed by atoms with Crippen LogP contribution in [0.3, 0.4) is 0 Å². The van der Waals surface area contributed by atoms with Gasteiger partial charge in [0.15, 0.2) is 0 Å². The van der Waals surface area contributed by atoms with E-state index in [9.17, 15) is 9.59 Å². The van der Waals surface area contributed by atoms with Crippen molar-refractivity contribution < 1.29 is 19.4 Å². The van der Waals surface area contributed by atoms with Crippen molar-refractivity contribution in [2.45, 2.75) is 39.3 Å². The molecule has 5 heteroatoms. The minimum Gasteiger partial charge on any atom is -0.491 e. The van der Waals surface area contributed by atoms with Crippen LogP contribution < -0.4 is 10.1 Å². The van der Waals surface area contributed by atoms with Gasteiger partial charge in [-0.15, -0.1) is 0 Å². The first-order valence-corrected chi connectivity index (χ1v) is 8.23. The molecule has 0 bridgehead atoms. The number of carboxylic acid groups (broad SMARTS) is 1. The summed E-state index contributed by atoms with van der Waals surface area (Å²) in [6.07, 6.45) is 0.328. The van der Waals surface area contributed by atoms with E-state index in [-0.39, 0.29) is 30.0 Å². The molecule has 2 aromatic carbocycles. The predicted octanol–water partition coefficient (Wildman–Crippen LogP) is 3.59. The molecule has 1 atom stereocenters. The Morgan fingerprint density at radius 3 is 2.12 bits per heavy atom. The molecule has 25 heavy (non-hydrogen) atoms. The molecule has 0 aliphatic rings. The Balaban J connectivity index is 1.91. The minimum atomic E-state index is -0.977. The highest BCUT2D eigenvalue weighted by Crippen LogP contribution is 2.18. The Bertz CT molecular complexity index is 720. The van der Waals surface area contributed by atoms with Crippen LogP contribution in [0.25, 0.3) is 0 Å². The number of carbonyl (C=O) groups is 2. The molecule has 1 unspecified atom stereocenters. The Morgan fingerprint density at radius 1 is 1.00 bits per heavy atom. The molecule has 0 radical (unpaired) electrons. The molecule has 1 amide bonds. The van der Waals surface area contributed by atoms with Crippen LogP contribution >= 0.6 is 0 Å². The summed E-state index contributed by atoms with van der Waals surface area (Å²) < 4.78 is 5.61. The van der Waals surface area contributed by atoms with Crippen molar-refractivity contribution in [3.63, 3.8) is 0 Å². The maximum atomic E-state index is 12.2. The molecule has 5 nitrogen and oxygen atoms in total. The number of aromatic carboxylic acids is 1. The Morgan fingerprint density at radius 2 is 1.60 bits per heavy atom. The van der Waals surface area contributed by atoms with Gasteiger partial charge in [0, 0.05) is 0 Å². The second kappa shape index (κ2) is 8.33. The first kappa shape index (κ1) is 18.5. The van der Waals surface area contributed by atoms with E-state index in [1.807, 2.05) is 45.0 Å². The number of benzene rings is 2. The van der Waals surface area contributed by atoms with E-state index in [1.165, 1.54) is 12.1 Å². The fourth-order valence-corrected chi connectivity index (χ4v) is 2.43. The fourth-order valence-electron chi connectivity index (χ4n) is 2.43. The van der Waals surface area contributed by atoms with E-state index in [2.05, 4.69) is 5.32 Å². The first-order valence-electron chi connectivity index (χ1n) is 8.23. The van der Waals surface area contributed by atoms with Crippen molar-refractivity contribution >= 4 is 11.9 Å². The number of carboxylic acids is 1. The van der Waals surface area contributed by atoms with Gasteiger partial charge in [-0.25, -0.2) is 4.79 Å². The van der Waals surface area contributed by atoms with Gasteiger partial charge in [0.2, 0.25) is 5.91 Å². The molecular formula is C20H23NO4. The van der Waals surface area contributed by atoms with Gasteiger partial charge in [0.1, 0.15) is 5.75 Å². The van der Waals surface area contributed by atoms with Crippen LogP contribution in [0, 0.1) is 0 Å². The van der Waals surface area contributed by atoms with Gasteiger partial charge in [0.25, 0.3) is 0 Å². The van der Waals surface area contributed by atoms with Crippen molar-refractivity contribution in [1.82, 2.24) is 5.32 Å². The van der Waals surface area contributed by atoms with Crippen LogP contribution in [0.2, 0.25) is 0 Å². The third-order valence-electron chi connectivity index (χ3n) is 3.69. The second-order valence-electron chi connectivity index (χ2n) is 6.20. The lowest BCUT2D eigenvalue weighted by Gasteiger charge is -2.16. The molecule has 2 N–H and O–H groups in total. The Kier molecular flexibility index (Phi) is 6.17. The van der Waals surface area contributed by atoms with E-state index < -0.39 is 5.97 Å². The molecule has 2 aromatic rings. The standard InChI is InChI=1S/C20H23NO4/c1-13(2)25-18-10-8-16(9-11-18)14(3)21-19(22)12-15-4-6-17(7-5-15)20(23)24/h4-11,13-14H,12H2,1-3H3,(H,21,22)(H,23,24). The van der Waals surface area contributed by atoms with Gasteiger partial charge in [0.05, 0.1) is 24.1 Å². The summed E-state index contributed by atoms with van der Waals surface area (Å²) in [6.45, 7) is 5.86. The zero-order valence-corrected chi connectivity index (χ0v) is 14.7. The molecule has 0 fully saturated rings. The molecule has 2 rings (SSSR count). The smallest absolute Gasteiger partial charge is 0.335 e. The molecule has 0 aliphatic heterocycles. The molecule has 0 saturated carbocycles. The van der Waals surface area contributed by atoms with Crippen LogP contribution in [0.15, 0.2) is 48.5 Å². The van der Waals surface area contributed by atoms with Crippen molar-refractivity contribution in [3.8, 4) is 5.75 Å². The maximum absolute atomic E-state index is 12.2. The van der Waals surface area contributed by atoms with Crippen molar-refractivity contribution in [3.05, 3.63) is 65.2 Å². The number of carbonyl (C=O) groups excluding carboxylic acids is 1. The predicted molar refractivity (Wildman–Crippen MR) is 95.9 cm³/mol. The SMILES string of the molecule is CC(C)Oc1ccc(C(C)NC(=O)Cc2ccc(C(=O)O)cc2)cc1. The summed E-state index contributed by atoms with van der Waals surface area (Å²) in [5.41, 5.74) is 1.97. The fraction of sp³-hybridized carbons (Fsp3) is 0.300. The summed E-state index contributed by atoms with van der Waals surface area (Å²) >= 11 is 0. The summed E-state index contributed by atoms with van der Waals surface area (Å²) in [7, 11) is 0. The average molecular weight is 341 g/mol. The average Bonchev–Trinajstić information content (AvgIpc) is 2.55. The molecule has 132 valence electrons. The zero-order valence-electron chi connectivity index (χ0n) is 14.7. The van der Waals surface area contributed by atoms with Crippen molar-refractivity contribution in [2.24, 2.45) is 0 Å². The normalized spacial score (nSPS) is 11.8. The minimum absolute atomic E-state index is 0.113. The van der Waals surface area contributed by atoms with Crippen LogP contribution in [0.4, 0.5) is 0 Å². The van der Waals surface area contributed by atoms with E-state index >= 15 is 0 Å². The largest absolute Gasteiger partial charge is 0.491 e. The number of amides is 1. The summed E-state index contributed by atoms with van der Waals surface area (Å²) in [4.78, 5) is 23.0. The highest BCUT2D eigenvalue weighted by molar-refractivity contribution is 5.87. The molecular weight excluding hydrogens is 318 g/mol. The van der Waals surface area contributed by atoms with Crippen molar-refractivity contribution in [1.29, 1.82) is 0 Å². The van der Waals surface area contributed by atoms with Crippen LogP contribution in [-0.4, -0.2) is 23.1 Å². The number of hydrogen-bond acceptors (Lipinski definition) is 3. The monoisotopic (exact) mass is 341 g/mol. The topological polar surface area (TPSA) is 75.6 Å². The first-order chi connectivity index (χ1) is 11.8. The number of rotatable bonds is 7. The summed E-state index contributed by atoms with van der Waals surface area (Å²) in [5.74, 6) is -0.289. The lowest BCUT2D eigenvalue weighted by molar-refractivity contribution is -0.121. The van der Waals surface area contributed by atoms with Gasteiger partial charge >= 0.3 is 5.97 Å². The number of nitrogens with one attached hydrogen (secondary N) is 1. The van der Waals surface area contributed by atoms with Crippen LogP contribution in [0.5, 0.6) is 5.75 Å². The molecule has 0 aromatic heterocycles. The van der Waals surface area contributed by atoms with Crippen LogP contribution in [-0.2, 0) is 11.2 Å². The lowest BCUT2D eigenvalue weighted by atomic mass is 10.1. The maximum Gasteiger partial charge on any atom is 0.335 e. The third-order valence-corrected chi connectivity index (χ3v) is 3.69. The second-order valence-corrected chi connectivity index (χ2v) is 6.20. The van der Waals surface area contributed by atoms with Gasteiger partial charge in [-0.3, -0.25) is 4.79 Å². The summed E-state index contributed by atoms with van der Waals surface area (Å²) in [6, 6.07) is 13.8. The molecule has 0 heterocycles. The zero-order chi connectivity index (χ0) is 18.4. The number of ether oxygens (including phenoxy) is 1. The number of hydrogen-bond donors (Lipinski definition) is 2. The molecule has 0 saturated heterocycles. The van der Waals surface area contributed by atoms with Crippen LogP contribution in [0.1, 0.15) is 48.3 Å². The highest BCUT2D eigenvalue weighted by Gasteiger charge is 2.11. The highest BCUT2D eigenvalue weighted by atomic mass is 16.5. The third kappa shape index (κ3) is 5.64. The van der Waals surface area contributed by atoms with Gasteiger partial charge in [-0.2, -0.15) is 0 Å². The molecule has 0 aliphatic carbocycles. The van der Waals surface area contributed by atoms with E-state index in [0.29, 0.717) is 0 Å². The summed E-state index contributed by atoms with van der Waals surface area (Å²) in [5, 5.41) is 11.8. The van der Waals surface area contributed by atoms with E-state index in [1.54, 1.807) is 12.1 Å².